The van der Waals surface area contributed by atoms with Crippen LogP contribution >= 0.6 is 0 Å². The average Bonchev–Trinajstić information content (AvgIpc) is 2.66. The van der Waals surface area contributed by atoms with E-state index in [0.717, 1.165) is 38.9 Å². The van der Waals surface area contributed by atoms with Gasteiger partial charge in [0.15, 0.2) is 0 Å². The van der Waals surface area contributed by atoms with Gasteiger partial charge in [-0.15, -0.1) is 0 Å². The molecule has 0 aromatic rings. The van der Waals surface area contributed by atoms with E-state index in [-0.39, 0.29) is 12.2 Å². The lowest BCUT2D eigenvalue weighted by Crippen LogP contribution is -2.46. The topological polar surface area (TPSA) is 41.6 Å². The Bertz CT molecular complexity index is 288. The second-order valence-electron chi connectivity index (χ2n) is 5.86. The molecule has 2 aliphatic heterocycles. The summed E-state index contributed by atoms with van der Waals surface area (Å²) >= 11 is 0. The predicted molar refractivity (Wildman–Crippen MR) is 71.1 cm³/mol. The summed E-state index contributed by atoms with van der Waals surface area (Å²) in [5.74, 6) is 0.862. The van der Waals surface area contributed by atoms with Gasteiger partial charge in [-0.25, -0.2) is 0 Å². The lowest BCUT2D eigenvalue weighted by atomic mass is 10.0. The third-order valence-electron chi connectivity index (χ3n) is 3.96. The molecule has 0 aromatic carbocycles. The smallest absolute Gasteiger partial charge is 0.241 e. The highest BCUT2D eigenvalue weighted by atomic mass is 16.5. The number of rotatable bonds is 4. The molecule has 0 saturated carbocycles. The quantitative estimate of drug-likeness (QED) is 0.831. The fourth-order valence-corrected chi connectivity index (χ4v) is 3.07. The van der Waals surface area contributed by atoms with E-state index in [1.54, 1.807) is 0 Å². The van der Waals surface area contributed by atoms with Crippen molar-refractivity contribution in [3.05, 3.63) is 0 Å². The monoisotopic (exact) mass is 254 g/mol. The zero-order chi connectivity index (χ0) is 13.1. The molecule has 0 aliphatic carbocycles. The van der Waals surface area contributed by atoms with Crippen molar-refractivity contribution in [2.45, 2.75) is 64.7 Å². The number of carbonyl (C=O) groups is 1. The van der Waals surface area contributed by atoms with Crippen molar-refractivity contribution >= 4 is 5.91 Å². The summed E-state index contributed by atoms with van der Waals surface area (Å²) in [4.78, 5) is 14.6. The van der Waals surface area contributed by atoms with E-state index in [1.165, 1.54) is 0 Å². The molecular formula is C14H26N2O2. The maximum absolute atomic E-state index is 12.5. The zero-order valence-corrected chi connectivity index (χ0v) is 11.8. The van der Waals surface area contributed by atoms with Gasteiger partial charge in [0.2, 0.25) is 5.91 Å². The van der Waals surface area contributed by atoms with Gasteiger partial charge in [-0.3, -0.25) is 10.1 Å². The van der Waals surface area contributed by atoms with E-state index in [0.29, 0.717) is 17.9 Å². The van der Waals surface area contributed by atoms with Crippen molar-refractivity contribution in [3.63, 3.8) is 0 Å². The molecule has 2 atom stereocenters. The maximum atomic E-state index is 12.5. The van der Waals surface area contributed by atoms with Crippen LogP contribution in [0.2, 0.25) is 0 Å². The largest absolute Gasteiger partial charge is 0.381 e. The molecule has 18 heavy (non-hydrogen) atoms. The Hall–Kier alpha value is -0.610. The Balaban J connectivity index is 2.04. The number of carbonyl (C=O) groups excluding carboxylic acids is 1. The van der Waals surface area contributed by atoms with Gasteiger partial charge in [-0.2, -0.15) is 0 Å². The number of hydrogen-bond donors (Lipinski definition) is 1. The third kappa shape index (κ3) is 2.86. The normalized spacial score (nSPS) is 30.4. The molecule has 2 heterocycles. The van der Waals surface area contributed by atoms with Crippen LogP contribution in [0.1, 0.15) is 46.5 Å². The van der Waals surface area contributed by atoms with Crippen LogP contribution in [0.15, 0.2) is 0 Å². The summed E-state index contributed by atoms with van der Waals surface area (Å²) in [6, 6.07) is 0.402. The summed E-state index contributed by atoms with van der Waals surface area (Å²) in [6.45, 7) is 8.08. The van der Waals surface area contributed by atoms with Crippen LogP contribution in [0.25, 0.3) is 0 Å². The predicted octanol–water partition coefficient (Wildman–Crippen LogP) is 1.75. The summed E-state index contributed by atoms with van der Waals surface area (Å²) in [5, 5.41) is 3.50. The van der Waals surface area contributed by atoms with Gasteiger partial charge in [0.25, 0.3) is 0 Å². The van der Waals surface area contributed by atoms with Crippen LogP contribution < -0.4 is 5.32 Å². The zero-order valence-electron chi connectivity index (χ0n) is 11.8. The molecule has 2 aliphatic rings. The molecular weight excluding hydrogens is 228 g/mol. The molecule has 1 N–H and O–H groups in total. The van der Waals surface area contributed by atoms with Gasteiger partial charge >= 0.3 is 0 Å². The lowest BCUT2D eigenvalue weighted by Gasteiger charge is -2.34. The molecule has 0 aromatic heterocycles. The highest BCUT2D eigenvalue weighted by Crippen LogP contribution is 2.25. The van der Waals surface area contributed by atoms with E-state index < -0.39 is 0 Å². The highest BCUT2D eigenvalue weighted by molar-refractivity contribution is 5.84. The number of amides is 1. The molecule has 0 spiro atoms. The molecule has 104 valence electrons. The van der Waals surface area contributed by atoms with Crippen molar-refractivity contribution in [2.24, 2.45) is 5.92 Å². The first-order valence-electron chi connectivity index (χ1n) is 7.29. The van der Waals surface area contributed by atoms with Gasteiger partial charge in [0, 0.05) is 19.3 Å². The van der Waals surface area contributed by atoms with Gasteiger partial charge in [-0.1, -0.05) is 20.8 Å². The molecule has 2 fully saturated rings. The second-order valence-corrected chi connectivity index (χ2v) is 5.86. The van der Waals surface area contributed by atoms with E-state index in [9.17, 15) is 4.79 Å². The van der Waals surface area contributed by atoms with Crippen molar-refractivity contribution in [3.8, 4) is 0 Å². The minimum Gasteiger partial charge on any atom is -0.381 e. The molecule has 1 amide bonds. The van der Waals surface area contributed by atoms with Gasteiger partial charge < -0.3 is 9.64 Å². The highest BCUT2D eigenvalue weighted by Gasteiger charge is 2.41. The molecule has 0 bridgehead atoms. The van der Waals surface area contributed by atoms with Crippen LogP contribution in [0.3, 0.4) is 0 Å². The van der Waals surface area contributed by atoms with Crippen molar-refractivity contribution in [1.29, 1.82) is 0 Å². The van der Waals surface area contributed by atoms with E-state index in [1.807, 2.05) is 0 Å². The number of nitrogens with zero attached hydrogens (tertiary/aromatic N) is 1. The first-order chi connectivity index (χ1) is 8.63. The fraction of sp³-hybridized carbons (Fsp3) is 0.929. The molecule has 2 saturated heterocycles. The Morgan fingerprint density at radius 2 is 2.06 bits per heavy atom. The minimum atomic E-state index is 0.0257. The first kappa shape index (κ1) is 13.8. The summed E-state index contributed by atoms with van der Waals surface area (Å²) in [6.07, 6.45) is 4.12. The Morgan fingerprint density at radius 3 is 2.61 bits per heavy atom. The summed E-state index contributed by atoms with van der Waals surface area (Å²) < 4.78 is 5.40. The van der Waals surface area contributed by atoms with E-state index >= 15 is 0 Å². The SMILES string of the molecule is CCC1NC(CC(C)C)C(=O)N1C1CCOCC1. The van der Waals surface area contributed by atoms with Crippen LogP contribution in [0.5, 0.6) is 0 Å². The minimum absolute atomic E-state index is 0.0257. The average molecular weight is 254 g/mol. The number of ether oxygens (including phenoxy) is 1. The maximum Gasteiger partial charge on any atom is 0.241 e. The first-order valence-corrected chi connectivity index (χ1v) is 7.29. The Kier molecular flexibility index (Phi) is 4.62. The van der Waals surface area contributed by atoms with E-state index in [4.69, 9.17) is 4.74 Å². The van der Waals surface area contributed by atoms with Gasteiger partial charge in [-0.05, 0) is 31.6 Å². The van der Waals surface area contributed by atoms with Gasteiger partial charge in [0.1, 0.15) is 0 Å². The van der Waals surface area contributed by atoms with Crippen molar-refractivity contribution < 1.29 is 9.53 Å². The number of nitrogens with one attached hydrogen (secondary N) is 1. The van der Waals surface area contributed by atoms with Crippen molar-refractivity contribution in [2.75, 3.05) is 13.2 Å². The summed E-state index contributed by atoms with van der Waals surface area (Å²) in [5.41, 5.74) is 0. The van der Waals surface area contributed by atoms with Gasteiger partial charge in [0.05, 0.1) is 12.2 Å². The third-order valence-corrected chi connectivity index (χ3v) is 3.96. The lowest BCUT2D eigenvalue weighted by molar-refractivity contribution is -0.134. The Labute approximate surface area is 110 Å². The van der Waals surface area contributed by atoms with Crippen LogP contribution in [-0.4, -0.2) is 42.3 Å². The van der Waals surface area contributed by atoms with E-state index in [2.05, 4.69) is 31.0 Å². The second kappa shape index (κ2) is 6.02. The van der Waals surface area contributed by atoms with Crippen LogP contribution in [-0.2, 0) is 9.53 Å². The standard InChI is InChI=1S/C14H26N2O2/c1-4-13-15-12(9-10(2)3)14(17)16(13)11-5-7-18-8-6-11/h10-13,15H,4-9H2,1-3H3. The van der Waals surface area contributed by atoms with Crippen molar-refractivity contribution in [1.82, 2.24) is 10.2 Å². The molecule has 2 rings (SSSR count). The van der Waals surface area contributed by atoms with Crippen LogP contribution in [0, 0.1) is 5.92 Å². The Morgan fingerprint density at radius 1 is 1.39 bits per heavy atom. The molecule has 4 heteroatoms. The molecule has 4 nitrogen and oxygen atoms in total. The molecule has 2 unspecified atom stereocenters. The number of hydrogen-bond acceptors (Lipinski definition) is 3. The molecule has 0 radical (unpaired) electrons. The summed E-state index contributed by atoms with van der Waals surface area (Å²) in [7, 11) is 0. The fourth-order valence-electron chi connectivity index (χ4n) is 3.07. The van der Waals surface area contributed by atoms with Crippen LogP contribution in [0.4, 0.5) is 0 Å².